The van der Waals surface area contributed by atoms with Crippen molar-refractivity contribution in [3.05, 3.63) is 106 Å². The summed E-state index contributed by atoms with van der Waals surface area (Å²) in [5.74, 6) is 4.69. The Morgan fingerprint density at radius 1 is 0.520 bits per heavy atom. The van der Waals surface area contributed by atoms with E-state index >= 15 is 0 Å². The fourth-order valence-corrected chi connectivity index (χ4v) is 10.6. The molecule has 402 valence electrons. The Labute approximate surface area is 444 Å². The molecule has 0 amide bonds. The highest BCUT2D eigenvalue weighted by atomic mass is 16.5. The Balaban J connectivity index is 0.000000164. The molecule has 75 heavy (non-hydrogen) atoms. The van der Waals surface area contributed by atoms with Gasteiger partial charge in [0.25, 0.3) is 0 Å². The van der Waals surface area contributed by atoms with Crippen molar-refractivity contribution in [1.29, 1.82) is 0 Å². The first-order valence-corrected chi connectivity index (χ1v) is 27.7. The molecule has 3 aliphatic carbocycles. The zero-order valence-corrected chi connectivity index (χ0v) is 45.4. The first-order valence-electron chi connectivity index (χ1n) is 27.7. The summed E-state index contributed by atoms with van der Waals surface area (Å²) in [4.78, 5) is 67.2. The molecule has 3 aromatic carbocycles. The molecule has 0 aromatic heterocycles. The fraction of sp³-hybridized carbons (Fsp3) is 0.542. The van der Waals surface area contributed by atoms with Gasteiger partial charge in [-0.15, -0.1) is 0 Å². The summed E-state index contributed by atoms with van der Waals surface area (Å²) in [6.45, 7) is 8.53. The third kappa shape index (κ3) is 15.9. The van der Waals surface area contributed by atoms with Crippen LogP contribution in [0.15, 0.2) is 103 Å². The zero-order chi connectivity index (χ0) is 53.3. The number of guanidine groups is 2. The molecule has 3 aliphatic heterocycles. The third-order valence-corrected chi connectivity index (χ3v) is 14.3. The molecule has 0 radical (unpaired) electrons. The van der Waals surface area contributed by atoms with E-state index < -0.39 is 0 Å². The summed E-state index contributed by atoms with van der Waals surface area (Å²) >= 11 is 0. The standard InChI is InChI=1S/C20H28N4O2.C20H27N3O2.C19H26N4O/c1-4-26-18(25)16-10-8-9-15(13-16)14-17-21-19(24(2)3)23-20(22-17)11-6-5-7-12-20;1-3-17-21-18(23-20(22-17)11-6-5-7-12-20)14-15-9-8-10-16(13-15)19(24)25-4-2;1-2-7-16(24)15-9-6-8-14(12-15)13-17-21-18(20)23-19(22-17)10-4-3-5-11-19/h8-10,13H,4-7,11-12,14H2,1-3H3,(H,21,22,23);8-10,13H,3-7,11-12,14H2,1-2H3,(H,21,22,23);6,8-9,12H,2-5,7,10-11,13H2,1H3,(H3,20,21,22,23). The zero-order valence-electron chi connectivity index (χ0n) is 45.4. The molecule has 5 N–H and O–H groups in total. The average molecular weight is 1020 g/mol. The molecule has 3 heterocycles. The van der Waals surface area contributed by atoms with Crippen molar-refractivity contribution in [2.24, 2.45) is 35.7 Å². The van der Waals surface area contributed by atoms with E-state index in [9.17, 15) is 14.4 Å². The Morgan fingerprint density at radius 2 is 0.920 bits per heavy atom. The first-order chi connectivity index (χ1) is 36.2. The lowest BCUT2D eigenvalue weighted by molar-refractivity contribution is 0.0516. The smallest absolute Gasteiger partial charge is 0.338 e. The summed E-state index contributed by atoms with van der Waals surface area (Å²) in [6, 6.07) is 23.0. The van der Waals surface area contributed by atoms with Crippen LogP contribution in [0, 0.1) is 0 Å². The van der Waals surface area contributed by atoms with E-state index in [-0.39, 0.29) is 34.7 Å². The lowest BCUT2D eigenvalue weighted by Gasteiger charge is -2.36. The maximum Gasteiger partial charge on any atom is 0.338 e. The number of hydrogen-bond donors (Lipinski definition) is 4. The van der Waals surface area contributed by atoms with Crippen molar-refractivity contribution in [3.63, 3.8) is 0 Å². The van der Waals surface area contributed by atoms with Gasteiger partial charge in [-0.2, -0.15) is 0 Å². The SMILES string of the molecule is CCCC(=O)c1cccc(CC2=NC3(CCCCC3)N=C(N)N2)c1.CCOC(=O)c1cccc(CC2=NC3(CCCCC3)N=C(CC)N2)c1.CCOC(=O)c1cccc(CC2=NC3(CCCCC3)N=C(N(C)C)N2)c1. The lowest BCUT2D eigenvalue weighted by atomic mass is 9.89. The van der Waals surface area contributed by atoms with Crippen LogP contribution >= 0.6 is 0 Å². The van der Waals surface area contributed by atoms with Gasteiger partial charge in [0, 0.05) is 51.8 Å². The van der Waals surface area contributed by atoms with Crippen molar-refractivity contribution in [2.45, 2.75) is 180 Å². The van der Waals surface area contributed by atoms with E-state index in [2.05, 4.69) is 27.9 Å². The Bertz CT molecular complexity index is 2650. The number of carbonyl (C=O) groups is 3. The second-order valence-electron chi connectivity index (χ2n) is 20.7. The summed E-state index contributed by atoms with van der Waals surface area (Å²) in [5, 5.41) is 9.84. The molecule has 6 aliphatic rings. The molecule has 3 fully saturated rings. The van der Waals surface area contributed by atoms with Crippen molar-refractivity contribution < 1.29 is 23.9 Å². The maximum absolute atomic E-state index is 12.1. The molecule has 3 saturated carbocycles. The molecule has 9 rings (SSSR count). The topological polar surface area (TPSA) is 209 Å². The molecule has 0 atom stereocenters. The van der Waals surface area contributed by atoms with Gasteiger partial charge in [0.2, 0.25) is 5.96 Å². The van der Waals surface area contributed by atoms with E-state index in [1.54, 1.807) is 12.1 Å². The molecule has 3 aromatic rings. The number of aliphatic imine (C=N–C) groups is 6. The molecule has 0 bridgehead atoms. The molecule has 16 nitrogen and oxygen atoms in total. The van der Waals surface area contributed by atoms with Gasteiger partial charge in [0.15, 0.2) is 28.7 Å². The summed E-state index contributed by atoms with van der Waals surface area (Å²) in [7, 11) is 3.99. The van der Waals surface area contributed by atoms with Crippen molar-refractivity contribution in [3.8, 4) is 0 Å². The van der Waals surface area contributed by atoms with Crippen LogP contribution in [0.3, 0.4) is 0 Å². The third-order valence-electron chi connectivity index (χ3n) is 14.3. The maximum atomic E-state index is 12.1. The van der Waals surface area contributed by atoms with Gasteiger partial charge in [-0.3, -0.25) is 4.79 Å². The van der Waals surface area contributed by atoms with Gasteiger partial charge < -0.3 is 36.1 Å². The number of ketones is 1. The molecular formula is C59H81N11O5. The van der Waals surface area contributed by atoms with Gasteiger partial charge in [-0.05, 0) is 144 Å². The van der Waals surface area contributed by atoms with Gasteiger partial charge in [-0.1, -0.05) is 75.6 Å². The Kier molecular flexibility index (Phi) is 19.9. The number of nitrogens with zero attached hydrogens (tertiary/aromatic N) is 7. The average Bonchev–Trinajstić information content (AvgIpc) is 3.40. The van der Waals surface area contributed by atoms with E-state index in [0.717, 1.165) is 116 Å². The number of benzene rings is 3. The minimum absolute atomic E-state index is 0.197. The van der Waals surface area contributed by atoms with Gasteiger partial charge in [0.05, 0.1) is 24.3 Å². The van der Waals surface area contributed by atoms with E-state index in [4.69, 9.17) is 40.2 Å². The molecule has 0 unspecified atom stereocenters. The summed E-state index contributed by atoms with van der Waals surface area (Å²) in [6.07, 6.45) is 21.1. The number of esters is 2. The quantitative estimate of drug-likeness (QED) is 0.0887. The Morgan fingerprint density at radius 3 is 1.36 bits per heavy atom. The van der Waals surface area contributed by atoms with Crippen LogP contribution in [0.1, 0.15) is 191 Å². The van der Waals surface area contributed by atoms with E-state index in [1.807, 2.05) is 100 Å². The lowest BCUT2D eigenvalue weighted by Crippen LogP contribution is -2.49. The van der Waals surface area contributed by atoms with Crippen LogP contribution in [0.4, 0.5) is 0 Å². The summed E-state index contributed by atoms with van der Waals surface area (Å²) < 4.78 is 10.2. The number of nitrogens with two attached hydrogens (primary N) is 1. The van der Waals surface area contributed by atoms with Gasteiger partial charge >= 0.3 is 11.9 Å². The number of hydrogen-bond acceptors (Lipinski definition) is 16. The number of ether oxygens (including phenoxy) is 2. The van der Waals surface area contributed by atoms with Crippen molar-refractivity contribution in [1.82, 2.24) is 20.9 Å². The minimum Gasteiger partial charge on any atom is -0.462 e. The van der Waals surface area contributed by atoms with Crippen LogP contribution in [0.25, 0.3) is 0 Å². The first kappa shape index (κ1) is 56.0. The van der Waals surface area contributed by atoms with Gasteiger partial charge in [-0.25, -0.2) is 39.5 Å². The molecule has 3 spiro atoms. The number of rotatable bonds is 14. The van der Waals surface area contributed by atoms with Crippen LogP contribution < -0.4 is 21.7 Å². The van der Waals surface area contributed by atoms with E-state index in [1.165, 1.54) is 44.9 Å². The van der Waals surface area contributed by atoms with Gasteiger partial charge in [0.1, 0.15) is 23.3 Å². The van der Waals surface area contributed by atoms with Crippen LogP contribution in [-0.4, -0.2) is 102 Å². The normalized spacial score (nSPS) is 19.0. The predicted octanol–water partition coefficient (Wildman–Crippen LogP) is 10.1. The van der Waals surface area contributed by atoms with Crippen LogP contribution in [0.2, 0.25) is 0 Å². The Hall–Kier alpha value is -6.71. The van der Waals surface area contributed by atoms with Crippen LogP contribution in [-0.2, 0) is 28.7 Å². The second-order valence-corrected chi connectivity index (χ2v) is 20.7. The summed E-state index contributed by atoms with van der Waals surface area (Å²) in [5.41, 5.74) is 10.2. The number of amidine groups is 4. The largest absolute Gasteiger partial charge is 0.462 e. The number of nitrogens with one attached hydrogen (secondary N) is 3. The predicted molar refractivity (Wildman–Crippen MR) is 301 cm³/mol. The second kappa shape index (κ2) is 26.7. The van der Waals surface area contributed by atoms with Crippen molar-refractivity contribution in [2.75, 3.05) is 27.3 Å². The monoisotopic (exact) mass is 1020 g/mol. The highest BCUT2D eigenvalue weighted by Gasteiger charge is 2.37. The highest BCUT2D eigenvalue weighted by Crippen LogP contribution is 2.37. The number of carbonyl (C=O) groups excluding carboxylic acids is 3. The highest BCUT2D eigenvalue weighted by molar-refractivity contribution is 6.04. The van der Waals surface area contributed by atoms with Crippen molar-refractivity contribution >= 4 is 53.0 Å². The number of Topliss-reactive ketones (excluding diaryl/α,β-unsaturated/α-hetero) is 1. The van der Waals surface area contributed by atoms with Crippen LogP contribution in [0.5, 0.6) is 0 Å². The minimum atomic E-state index is -0.363. The molecule has 0 saturated heterocycles. The van der Waals surface area contributed by atoms with E-state index in [0.29, 0.717) is 56.0 Å². The molecular weight excluding hydrogens is 943 g/mol. The molecule has 16 heteroatoms. The fourth-order valence-electron chi connectivity index (χ4n) is 10.6.